The molecule has 0 bridgehead atoms. The van der Waals surface area contributed by atoms with Gasteiger partial charge in [0.25, 0.3) is 11.1 Å². The van der Waals surface area contributed by atoms with Crippen molar-refractivity contribution in [2.45, 2.75) is 32.9 Å². The van der Waals surface area contributed by atoms with Crippen LogP contribution in [0.25, 0.3) is 0 Å². The summed E-state index contributed by atoms with van der Waals surface area (Å²) in [7, 11) is 3.63. The van der Waals surface area contributed by atoms with Gasteiger partial charge in [-0.25, -0.2) is 0 Å². The Morgan fingerprint density at radius 3 is 2.81 bits per heavy atom. The van der Waals surface area contributed by atoms with Gasteiger partial charge in [0, 0.05) is 26.8 Å². The molecule has 0 saturated carbocycles. The van der Waals surface area contributed by atoms with Crippen LogP contribution in [-0.4, -0.2) is 50.0 Å². The van der Waals surface area contributed by atoms with E-state index in [1.54, 1.807) is 22.0 Å². The SMILES string of the molecule is CCCCn1cc(CN2C(=O)S/C(=C\N(C)C)C2=O)nn1. The van der Waals surface area contributed by atoms with Gasteiger partial charge in [-0.2, -0.15) is 0 Å². The Bertz CT molecular complexity index is 567. The van der Waals surface area contributed by atoms with E-state index in [-0.39, 0.29) is 17.7 Å². The molecule has 2 amide bonds. The van der Waals surface area contributed by atoms with E-state index in [0.717, 1.165) is 31.1 Å². The third kappa shape index (κ3) is 3.84. The van der Waals surface area contributed by atoms with Crippen molar-refractivity contribution in [3.05, 3.63) is 23.0 Å². The molecule has 1 saturated heterocycles. The number of imide groups is 1. The van der Waals surface area contributed by atoms with Crippen molar-refractivity contribution < 1.29 is 9.59 Å². The number of hydrogen-bond donors (Lipinski definition) is 0. The molecule has 0 N–H and O–H groups in total. The van der Waals surface area contributed by atoms with E-state index < -0.39 is 0 Å². The Morgan fingerprint density at radius 2 is 2.14 bits per heavy atom. The van der Waals surface area contributed by atoms with Crippen LogP contribution in [0, 0.1) is 0 Å². The number of amides is 2. The summed E-state index contributed by atoms with van der Waals surface area (Å²) in [5.41, 5.74) is 0.625. The van der Waals surface area contributed by atoms with Crippen LogP contribution >= 0.6 is 11.8 Å². The second kappa shape index (κ2) is 6.75. The maximum Gasteiger partial charge on any atom is 0.293 e. The van der Waals surface area contributed by atoms with Crippen molar-refractivity contribution in [1.29, 1.82) is 0 Å². The number of unbranched alkanes of at least 4 members (excludes halogenated alkanes) is 1. The van der Waals surface area contributed by atoms with Crippen LogP contribution in [0.5, 0.6) is 0 Å². The van der Waals surface area contributed by atoms with Crippen molar-refractivity contribution in [1.82, 2.24) is 24.8 Å². The molecular formula is C13H19N5O2S. The van der Waals surface area contributed by atoms with Gasteiger partial charge in [0.05, 0.1) is 17.6 Å². The van der Waals surface area contributed by atoms with E-state index in [2.05, 4.69) is 17.2 Å². The van der Waals surface area contributed by atoms with Crippen molar-refractivity contribution >= 4 is 22.9 Å². The summed E-state index contributed by atoms with van der Waals surface area (Å²) >= 11 is 0.952. The predicted molar refractivity (Wildman–Crippen MR) is 80.2 cm³/mol. The van der Waals surface area contributed by atoms with Crippen molar-refractivity contribution in [2.75, 3.05) is 14.1 Å². The van der Waals surface area contributed by atoms with Crippen molar-refractivity contribution in [2.24, 2.45) is 0 Å². The smallest absolute Gasteiger partial charge is 0.293 e. The Hall–Kier alpha value is -1.83. The average Bonchev–Trinajstić information content (AvgIpc) is 2.97. The molecule has 0 aliphatic carbocycles. The Morgan fingerprint density at radius 1 is 1.38 bits per heavy atom. The van der Waals surface area contributed by atoms with Crippen LogP contribution in [0.4, 0.5) is 4.79 Å². The lowest BCUT2D eigenvalue weighted by atomic mass is 10.3. The van der Waals surface area contributed by atoms with Gasteiger partial charge in [-0.1, -0.05) is 18.6 Å². The molecule has 1 aliphatic rings. The minimum atomic E-state index is -0.276. The van der Waals surface area contributed by atoms with Crippen LogP contribution in [0.2, 0.25) is 0 Å². The Labute approximate surface area is 128 Å². The first-order valence-corrected chi connectivity index (χ1v) is 7.64. The van der Waals surface area contributed by atoms with Crippen LogP contribution < -0.4 is 0 Å². The number of aromatic nitrogens is 3. The van der Waals surface area contributed by atoms with Gasteiger partial charge in [-0.15, -0.1) is 5.10 Å². The lowest BCUT2D eigenvalue weighted by Crippen LogP contribution is -2.28. The molecule has 2 heterocycles. The highest BCUT2D eigenvalue weighted by molar-refractivity contribution is 8.18. The molecule has 2 rings (SSSR count). The fourth-order valence-electron chi connectivity index (χ4n) is 1.86. The summed E-state index contributed by atoms with van der Waals surface area (Å²) in [5.74, 6) is -0.276. The van der Waals surface area contributed by atoms with E-state index in [1.807, 2.05) is 14.1 Å². The first-order valence-electron chi connectivity index (χ1n) is 6.82. The highest BCUT2D eigenvalue weighted by atomic mass is 32.2. The summed E-state index contributed by atoms with van der Waals surface area (Å²) in [4.78, 5) is 27.5. The maximum atomic E-state index is 12.2. The number of hydrogen-bond acceptors (Lipinski definition) is 6. The Balaban J connectivity index is 2.04. The van der Waals surface area contributed by atoms with Gasteiger partial charge in [-0.05, 0) is 18.2 Å². The van der Waals surface area contributed by atoms with E-state index in [1.165, 1.54) is 4.90 Å². The highest BCUT2D eigenvalue weighted by Gasteiger charge is 2.35. The van der Waals surface area contributed by atoms with Gasteiger partial charge in [0.2, 0.25) is 0 Å². The average molecular weight is 309 g/mol. The molecule has 0 radical (unpaired) electrons. The van der Waals surface area contributed by atoms with Gasteiger partial charge in [0.15, 0.2) is 0 Å². The van der Waals surface area contributed by atoms with Gasteiger partial charge < -0.3 is 4.90 Å². The van der Waals surface area contributed by atoms with Gasteiger partial charge in [-0.3, -0.25) is 19.2 Å². The lowest BCUT2D eigenvalue weighted by molar-refractivity contribution is -0.123. The molecule has 0 unspecified atom stereocenters. The number of nitrogens with zero attached hydrogens (tertiary/aromatic N) is 5. The quantitative estimate of drug-likeness (QED) is 0.745. The number of aryl methyl sites for hydroxylation is 1. The fraction of sp³-hybridized carbons (Fsp3) is 0.538. The van der Waals surface area contributed by atoms with E-state index >= 15 is 0 Å². The van der Waals surface area contributed by atoms with Gasteiger partial charge >= 0.3 is 0 Å². The van der Waals surface area contributed by atoms with Crippen molar-refractivity contribution in [3.8, 4) is 0 Å². The molecule has 1 fully saturated rings. The normalized spacial score (nSPS) is 17.1. The molecule has 0 atom stereocenters. The summed E-state index contributed by atoms with van der Waals surface area (Å²) in [6, 6.07) is 0. The standard InChI is InChI=1S/C13H19N5O2S/c1-4-5-6-17-7-10(14-15-17)8-18-12(19)11(9-16(2)3)21-13(18)20/h7,9H,4-6,8H2,1-3H3/b11-9-. The molecule has 0 spiro atoms. The minimum Gasteiger partial charge on any atom is -0.382 e. The molecular weight excluding hydrogens is 290 g/mol. The summed E-state index contributed by atoms with van der Waals surface area (Å²) in [6.45, 7) is 3.07. The van der Waals surface area contributed by atoms with Crippen LogP contribution in [0.3, 0.4) is 0 Å². The molecule has 0 aromatic carbocycles. The van der Waals surface area contributed by atoms with Crippen LogP contribution in [0.1, 0.15) is 25.5 Å². The number of carbonyl (C=O) groups excluding carboxylic acids is 2. The van der Waals surface area contributed by atoms with E-state index in [9.17, 15) is 9.59 Å². The second-order valence-corrected chi connectivity index (χ2v) is 6.04. The number of rotatable bonds is 6. The molecule has 21 heavy (non-hydrogen) atoms. The van der Waals surface area contributed by atoms with E-state index in [4.69, 9.17) is 0 Å². The zero-order chi connectivity index (χ0) is 15.4. The van der Waals surface area contributed by atoms with Gasteiger partial charge in [0.1, 0.15) is 5.69 Å². The summed E-state index contributed by atoms with van der Waals surface area (Å²) in [6.07, 6.45) is 5.54. The minimum absolute atomic E-state index is 0.168. The van der Waals surface area contributed by atoms with E-state index in [0.29, 0.717) is 10.6 Å². The topological polar surface area (TPSA) is 71.3 Å². The molecule has 8 heteroatoms. The fourth-order valence-corrected chi connectivity index (χ4v) is 2.77. The summed E-state index contributed by atoms with van der Waals surface area (Å²) < 4.78 is 1.74. The molecule has 1 aromatic rings. The first kappa shape index (κ1) is 15.6. The third-order valence-electron chi connectivity index (χ3n) is 2.90. The lowest BCUT2D eigenvalue weighted by Gasteiger charge is -2.10. The third-order valence-corrected chi connectivity index (χ3v) is 3.79. The zero-order valence-electron chi connectivity index (χ0n) is 12.4. The number of thioether (sulfide) groups is 1. The monoisotopic (exact) mass is 309 g/mol. The molecule has 1 aliphatic heterocycles. The molecule has 1 aromatic heterocycles. The van der Waals surface area contributed by atoms with Crippen LogP contribution in [0.15, 0.2) is 17.3 Å². The first-order chi connectivity index (χ1) is 10.0. The molecule has 7 nitrogen and oxygen atoms in total. The zero-order valence-corrected chi connectivity index (χ0v) is 13.3. The van der Waals surface area contributed by atoms with Crippen molar-refractivity contribution in [3.63, 3.8) is 0 Å². The van der Waals surface area contributed by atoms with Crippen LogP contribution in [-0.2, 0) is 17.9 Å². The Kier molecular flexibility index (Phi) is 5.00. The predicted octanol–water partition coefficient (Wildman–Crippen LogP) is 1.68. The number of carbonyl (C=O) groups is 2. The largest absolute Gasteiger partial charge is 0.382 e. The molecule has 114 valence electrons. The second-order valence-electron chi connectivity index (χ2n) is 5.04. The highest BCUT2D eigenvalue weighted by Crippen LogP contribution is 2.31. The summed E-state index contributed by atoms with van der Waals surface area (Å²) in [5, 5.41) is 7.75. The maximum absolute atomic E-state index is 12.2.